The second-order valence-electron chi connectivity index (χ2n) is 4.24. The highest BCUT2D eigenvalue weighted by molar-refractivity contribution is 5.76. The number of aryl methyl sites for hydroxylation is 1. The fourth-order valence-corrected chi connectivity index (χ4v) is 1.68. The summed E-state index contributed by atoms with van der Waals surface area (Å²) in [4.78, 5) is 6.64. The Balaban J connectivity index is 0.000000686. The minimum atomic E-state index is 0.993. The monoisotopic (exact) mass is 233 g/mol. The van der Waals surface area contributed by atoms with Crippen molar-refractivity contribution >= 4 is 11.0 Å². The van der Waals surface area contributed by atoms with Gasteiger partial charge in [-0.25, -0.2) is 4.98 Å². The number of rotatable bonds is 3. The van der Waals surface area contributed by atoms with Crippen LogP contribution < -0.4 is 0 Å². The number of nitrogens with zero attached hydrogens (tertiary/aromatic N) is 3. The van der Waals surface area contributed by atoms with Crippen molar-refractivity contribution in [2.45, 2.75) is 27.3 Å². The van der Waals surface area contributed by atoms with Crippen LogP contribution in [0.4, 0.5) is 0 Å². The molecule has 0 unspecified atom stereocenters. The number of fused-ring (bicyclic) bond motifs is 1. The molecule has 0 amide bonds. The van der Waals surface area contributed by atoms with E-state index in [1.807, 2.05) is 20.0 Å². The van der Waals surface area contributed by atoms with Crippen LogP contribution in [0.1, 0.15) is 19.4 Å². The predicted octanol–water partition coefficient (Wildman–Crippen LogP) is 2.93. The Kier molecular flexibility index (Phi) is 5.16. The van der Waals surface area contributed by atoms with Crippen LogP contribution in [0.5, 0.6) is 0 Å². The van der Waals surface area contributed by atoms with Gasteiger partial charge in [0, 0.05) is 30.9 Å². The summed E-state index contributed by atoms with van der Waals surface area (Å²) in [5, 5.41) is 1.23. The molecule has 0 radical (unpaired) electrons. The van der Waals surface area contributed by atoms with Gasteiger partial charge in [-0.1, -0.05) is 13.8 Å². The normalized spacial score (nSPS) is 10.5. The first-order valence-corrected chi connectivity index (χ1v) is 6.23. The van der Waals surface area contributed by atoms with E-state index in [9.17, 15) is 0 Å². The first kappa shape index (κ1) is 13.7. The maximum atomic E-state index is 4.46. The average Bonchev–Trinajstić information content (AvgIpc) is 2.71. The van der Waals surface area contributed by atoms with Crippen LogP contribution in [0.25, 0.3) is 11.0 Å². The van der Waals surface area contributed by atoms with Crippen molar-refractivity contribution in [1.82, 2.24) is 14.5 Å². The predicted molar refractivity (Wildman–Crippen MR) is 74.4 cm³/mol. The molecule has 0 aromatic carbocycles. The number of hydrogen-bond acceptors (Lipinski definition) is 2. The van der Waals surface area contributed by atoms with Gasteiger partial charge in [-0.2, -0.15) is 0 Å². The second-order valence-corrected chi connectivity index (χ2v) is 4.24. The number of hydrogen-bond donors (Lipinski definition) is 0. The summed E-state index contributed by atoms with van der Waals surface area (Å²) in [7, 11) is 4.17. The summed E-state index contributed by atoms with van der Waals surface area (Å²) >= 11 is 0. The fourth-order valence-electron chi connectivity index (χ4n) is 1.68. The minimum absolute atomic E-state index is 0.993. The van der Waals surface area contributed by atoms with Crippen molar-refractivity contribution in [3.05, 3.63) is 30.1 Å². The van der Waals surface area contributed by atoms with E-state index in [4.69, 9.17) is 0 Å². The Hall–Kier alpha value is -1.35. The van der Waals surface area contributed by atoms with Gasteiger partial charge in [-0.15, -0.1) is 0 Å². The Bertz CT molecular complexity index is 457. The summed E-state index contributed by atoms with van der Waals surface area (Å²) in [5.74, 6) is 0. The van der Waals surface area contributed by atoms with Crippen molar-refractivity contribution in [2.24, 2.45) is 0 Å². The van der Waals surface area contributed by atoms with E-state index >= 15 is 0 Å². The smallest absolute Gasteiger partial charge is 0.139 e. The standard InChI is InChI=1S/C12H17N3.C2H6/c1-10-8-11-4-5-15(7-6-14(2)3)12(11)13-9-10;1-2/h4-5,8-9H,6-7H2,1-3H3;1-2H3. The van der Waals surface area contributed by atoms with Gasteiger partial charge in [0.05, 0.1) is 0 Å². The lowest BCUT2D eigenvalue weighted by atomic mass is 10.2. The summed E-state index contributed by atoms with van der Waals surface area (Å²) < 4.78 is 2.20. The molecule has 0 spiro atoms. The average molecular weight is 233 g/mol. The minimum Gasteiger partial charge on any atom is -0.331 e. The van der Waals surface area contributed by atoms with Crippen molar-refractivity contribution in [2.75, 3.05) is 20.6 Å². The molecule has 2 rings (SSSR count). The Morgan fingerprint density at radius 1 is 1.29 bits per heavy atom. The van der Waals surface area contributed by atoms with E-state index in [1.165, 1.54) is 10.9 Å². The van der Waals surface area contributed by atoms with Crippen LogP contribution in [0, 0.1) is 6.92 Å². The van der Waals surface area contributed by atoms with Crippen molar-refractivity contribution in [3.63, 3.8) is 0 Å². The lowest BCUT2D eigenvalue weighted by molar-refractivity contribution is 0.386. The van der Waals surface area contributed by atoms with Crippen LogP contribution in [0.3, 0.4) is 0 Å². The molecule has 0 aliphatic rings. The van der Waals surface area contributed by atoms with Gasteiger partial charge in [0.2, 0.25) is 0 Å². The zero-order chi connectivity index (χ0) is 12.8. The molecule has 0 aliphatic heterocycles. The molecule has 0 saturated carbocycles. The lowest BCUT2D eigenvalue weighted by Gasteiger charge is -2.10. The molecule has 0 fully saturated rings. The third-order valence-corrected chi connectivity index (χ3v) is 2.53. The molecule has 0 aliphatic carbocycles. The summed E-state index contributed by atoms with van der Waals surface area (Å²) in [5.41, 5.74) is 2.30. The first-order chi connectivity index (χ1) is 8.16. The Labute approximate surface area is 104 Å². The van der Waals surface area contributed by atoms with Gasteiger partial charge in [0.15, 0.2) is 0 Å². The van der Waals surface area contributed by atoms with E-state index in [0.29, 0.717) is 0 Å². The molecule has 0 saturated heterocycles. The molecule has 0 atom stereocenters. The first-order valence-electron chi connectivity index (χ1n) is 6.23. The Morgan fingerprint density at radius 3 is 2.65 bits per heavy atom. The molecule has 3 heteroatoms. The Morgan fingerprint density at radius 2 is 2.00 bits per heavy atom. The van der Waals surface area contributed by atoms with E-state index in [-0.39, 0.29) is 0 Å². The summed E-state index contributed by atoms with van der Waals surface area (Å²) in [6.45, 7) is 8.11. The second kappa shape index (κ2) is 6.40. The van der Waals surface area contributed by atoms with E-state index in [0.717, 1.165) is 18.7 Å². The van der Waals surface area contributed by atoms with Crippen LogP contribution in [-0.4, -0.2) is 35.1 Å². The highest BCUT2D eigenvalue weighted by Gasteiger charge is 2.02. The van der Waals surface area contributed by atoms with Crippen molar-refractivity contribution in [1.29, 1.82) is 0 Å². The third kappa shape index (κ3) is 3.56. The molecule has 2 heterocycles. The van der Waals surface area contributed by atoms with E-state index < -0.39 is 0 Å². The lowest BCUT2D eigenvalue weighted by Crippen LogP contribution is -2.18. The molecular formula is C14H23N3. The van der Waals surface area contributed by atoms with Crippen molar-refractivity contribution < 1.29 is 0 Å². The maximum absolute atomic E-state index is 4.46. The van der Waals surface area contributed by atoms with Gasteiger partial charge in [-0.3, -0.25) is 0 Å². The molecule has 0 bridgehead atoms. The highest BCUT2D eigenvalue weighted by atomic mass is 15.1. The zero-order valence-electron chi connectivity index (χ0n) is 11.6. The van der Waals surface area contributed by atoms with E-state index in [2.05, 4.69) is 53.8 Å². The zero-order valence-corrected chi connectivity index (χ0v) is 11.6. The van der Waals surface area contributed by atoms with Gasteiger partial charge in [-0.05, 0) is 38.7 Å². The van der Waals surface area contributed by atoms with Gasteiger partial charge < -0.3 is 9.47 Å². The summed E-state index contributed by atoms with van der Waals surface area (Å²) in [6, 6.07) is 4.31. The third-order valence-electron chi connectivity index (χ3n) is 2.53. The molecule has 94 valence electrons. The number of likely N-dealkylation sites (N-methyl/N-ethyl adjacent to an activating group) is 1. The van der Waals surface area contributed by atoms with Crippen LogP contribution in [0.2, 0.25) is 0 Å². The number of pyridine rings is 1. The molecular weight excluding hydrogens is 210 g/mol. The topological polar surface area (TPSA) is 21.1 Å². The molecule has 0 N–H and O–H groups in total. The highest BCUT2D eigenvalue weighted by Crippen LogP contribution is 2.14. The van der Waals surface area contributed by atoms with Gasteiger partial charge in [0.1, 0.15) is 5.65 Å². The molecule has 2 aromatic heterocycles. The van der Waals surface area contributed by atoms with E-state index in [1.54, 1.807) is 0 Å². The largest absolute Gasteiger partial charge is 0.331 e. The molecule has 17 heavy (non-hydrogen) atoms. The van der Waals surface area contributed by atoms with Crippen molar-refractivity contribution in [3.8, 4) is 0 Å². The molecule has 2 aromatic rings. The van der Waals surface area contributed by atoms with Crippen LogP contribution in [0.15, 0.2) is 24.5 Å². The van der Waals surface area contributed by atoms with Gasteiger partial charge >= 0.3 is 0 Å². The van der Waals surface area contributed by atoms with Gasteiger partial charge in [0.25, 0.3) is 0 Å². The summed E-state index contributed by atoms with van der Waals surface area (Å²) in [6.07, 6.45) is 4.04. The maximum Gasteiger partial charge on any atom is 0.139 e. The SMILES string of the molecule is CC.Cc1cnc2c(ccn2CCN(C)C)c1. The molecule has 3 nitrogen and oxygen atoms in total. The van der Waals surface area contributed by atoms with Crippen LogP contribution in [-0.2, 0) is 6.54 Å². The number of aromatic nitrogens is 2. The quantitative estimate of drug-likeness (QED) is 0.812. The fraction of sp³-hybridized carbons (Fsp3) is 0.500. The van der Waals surface area contributed by atoms with Crippen LogP contribution >= 0.6 is 0 Å².